The Labute approximate surface area is 133 Å². The maximum atomic E-state index is 12.0. The molecule has 2 rings (SSSR count). The summed E-state index contributed by atoms with van der Waals surface area (Å²) in [4.78, 5) is 34.5. The number of carbonyl (C=O) groups is 3. The largest absolute Gasteiger partial charge is 0.480 e. The fourth-order valence-electron chi connectivity index (χ4n) is 2.55. The van der Waals surface area contributed by atoms with Crippen molar-refractivity contribution in [3.63, 3.8) is 0 Å². The van der Waals surface area contributed by atoms with Crippen LogP contribution in [0.1, 0.15) is 38.3 Å². The van der Waals surface area contributed by atoms with Crippen LogP contribution in [0.4, 0.5) is 0 Å². The van der Waals surface area contributed by atoms with Gasteiger partial charge in [0.1, 0.15) is 18.3 Å². The molecule has 1 atom stereocenters. The van der Waals surface area contributed by atoms with Crippen LogP contribution in [0.5, 0.6) is 0 Å². The minimum absolute atomic E-state index is 0.0150. The van der Waals surface area contributed by atoms with E-state index in [1.54, 1.807) is 6.92 Å². The highest BCUT2D eigenvalue weighted by molar-refractivity contribution is 5.88. The van der Waals surface area contributed by atoms with E-state index < -0.39 is 12.0 Å². The quantitative estimate of drug-likeness (QED) is 0.631. The Hall–Kier alpha value is -2.45. The maximum Gasteiger partial charge on any atom is 0.325 e. The van der Waals surface area contributed by atoms with Gasteiger partial charge in [0, 0.05) is 5.92 Å². The van der Waals surface area contributed by atoms with Crippen molar-refractivity contribution in [3.8, 4) is 0 Å². The lowest BCUT2D eigenvalue weighted by Crippen LogP contribution is -2.46. The zero-order valence-corrected chi connectivity index (χ0v) is 13.0. The Balaban J connectivity index is 1.76. The lowest BCUT2D eigenvalue weighted by Gasteiger charge is -2.16. The number of hydrogen-bond acceptors (Lipinski definition) is 5. The normalized spacial score (nSPS) is 16.0. The van der Waals surface area contributed by atoms with Crippen LogP contribution in [0.15, 0.2) is 6.20 Å². The first kappa shape index (κ1) is 16.9. The van der Waals surface area contributed by atoms with Crippen molar-refractivity contribution in [2.24, 2.45) is 5.92 Å². The third kappa shape index (κ3) is 5.04. The van der Waals surface area contributed by atoms with E-state index in [4.69, 9.17) is 5.11 Å². The Kier molecular flexibility index (Phi) is 5.67. The average Bonchev–Trinajstić information content (AvgIpc) is 3.15. The smallest absolute Gasteiger partial charge is 0.325 e. The summed E-state index contributed by atoms with van der Waals surface area (Å²) >= 11 is 0. The summed E-state index contributed by atoms with van der Waals surface area (Å²) in [5.74, 6) is -1.39. The molecule has 0 aromatic carbocycles. The summed E-state index contributed by atoms with van der Waals surface area (Å²) in [5, 5.41) is 21.4. The van der Waals surface area contributed by atoms with Crippen LogP contribution in [-0.2, 0) is 27.5 Å². The lowest BCUT2D eigenvalue weighted by atomic mass is 10.1. The minimum atomic E-state index is -1.02. The summed E-state index contributed by atoms with van der Waals surface area (Å²) in [5.41, 5.74) is 0.453. The summed E-state index contributed by atoms with van der Waals surface area (Å²) in [6.07, 6.45) is 5.34. The summed E-state index contributed by atoms with van der Waals surface area (Å²) in [6, 6.07) is -0.628. The number of aliphatic carboxylic acids is 1. The van der Waals surface area contributed by atoms with Gasteiger partial charge in [-0.25, -0.2) is 4.68 Å². The number of carboxylic acids is 1. The highest BCUT2D eigenvalue weighted by atomic mass is 16.4. The minimum Gasteiger partial charge on any atom is -0.480 e. The van der Waals surface area contributed by atoms with E-state index in [-0.39, 0.29) is 30.8 Å². The van der Waals surface area contributed by atoms with Crippen LogP contribution in [-0.4, -0.2) is 43.9 Å². The molecule has 126 valence electrons. The molecular formula is C14H21N5O4. The van der Waals surface area contributed by atoms with Crippen molar-refractivity contribution in [2.75, 3.05) is 0 Å². The first-order chi connectivity index (χ1) is 11.0. The second-order valence-electron chi connectivity index (χ2n) is 5.73. The highest BCUT2D eigenvalue weighted by Crippen LogP contribution is 2.24. The van der Waals surface area contributed by atoms with Crippen LogP contribution in [0.3, 0.4) is 0 Å². The first-order valence-electron chi connectivity index (χ1n) is 7.64. The van der Waals surface area contributed by atoms with Gasteiger partial charge in [-0.3, -0.25) is 14.4 Å². The molecule has 0 radical (unpaired) electrons. The molecule has 9 heteroatoms. The molecular weight excluding hydrogens is 302 g/mol. The molecule has 1 aliphatic carbocycles. The maximum absolute atomic E-state index is 12.0. The Bertz CT molecular complexity index is 579. The zero-order valence-electron chi connectivity index (χ0n) is 13.0. The summed E-state index contributed by atoms with van der Waals surface area (Å²) in [7, 11) is 0. The number of nitrogens with zero attached hydrogens (tertiary/aromatic N) is 3. The van der Waals surface area contributed by atoms with Gasteiger partial charge < -0.3 is 15.7 Å². The van der Waals surface area contributed by atoms with Gasteiger partial charge in [-0.15, -0.1) is 5.10 Å². The molecule has 1 saturated carbocycles. The Morgan fingerprint density at radius 2 is 2.09 bits per heavy atom. The molecule has 1 aliphatic rings. The van der Waals surface area contributed by atoms with E-state index in [0.717, 1.165) is 25.7 Å². The Morgan fingerprint density at radius 3 is 2.74 bits per heavy atom. The summed E-state index contributed by atoms with van der Waals surface area (Å²) < 4.78 is 1.18. The molecule has 1 heterocycles. The number of amides is 2. The van der Waals surface area contributed by atoms with Gasteiger partial charge in [0.25, 0.3) is 0 Å². The van der Waals surface area contributed by atoms with Gasteiger partial charge >= 0.3 is 5.97 Å². The molecule has 3 N–H and O–H groups in total. The molecule has 1 fully saturated rings. The van der Waals surface area contributed by atoms with Gasteiger partial charge in [-0.2, -0.15) is 0 Å². The molecule has 0 spiro atoms. The molecule has 9 nitrogen and oxygen atoms in total. The lowest BCUT2D eigenvalue weighted by molar-refractivity contribution is -0.138. The van der Waals surface area contributed by atoms with Crippen molar-refractivity contribution < 1.29 is 19.5 Å². The number of carboxylic acid groups (broad SMARTS) is 1. The third-order valence-corrected chi connectivity index (χ3v) is 3.81. The van der Waals surface area contributed by atoms with Crippen LogP contribution >= 0.6 is 0 Å². The SMILES string of the molecule is CC(NC(=O)C1CCCC1)C(=O)NCc1cn(CC(=O)O)nn1. The standard InChI is InChI=1S/C14H21N5O4/c1-9(16-14(23)10-4-2-3-5-10)13(22)15-6-11-7-19(18-17-11)8-12(20)21/h7,9-10H,2-6,8H2,1H3,(H,15,22)(H,16,23)(H,20,21). The fourth-order valence-corrected chi connectivity index (χ4v) is 2.55. The van der Waals surface area contributed by atoms with E-state index in [1.807, 2.05) is 0 Å². The second-order valence-corrected chi connectivity index (χ2v) is 5.73. The molecule has 1 aromatic rings. The number of rotatable bonds is 7. The van der Waals surface area contributed by atoms with Crippen molar-refractivity contribution in [1.82, 2.24) is 25.6 Å². The first-order valence-corrected chi connectivity index (χ1v) is 7.64. The van der Waals surface area contributed by atoms with E-state index in [0.29, 0.717) is 5.69 Å². The van der Waals surface area contributed by atoms with Gasteiger partial charge in [-0.05, 0) is 19.8 Å². The van der Waals surface area contributed by atoms with E-state index in [2.05, 4.69) is 20.9 Å². The van der Waals surface area contributed by atoms with E-state index in [9.17, 15) is 14.4 Å². The van der Waals surface area contributed by atoms with Gasteiger partial charge in [0.05, 0.1) is 12.7 Å². The van der Waals surface area contributed by atoms with Crippen molar-refractivity contribution in [1.29, 1.82) is 0 Å². The van der Waals surface area contributed by atoms with Crippen molar-refractivity contribution >= 4 is 17.8 Å². The van der Waals surface area contributed by atoms with Gasteiger partial charge in [0.15, 0.2) is 0 Å². The zero-order chi connectivity index (χ0) is 16.8. The van der Waals surface area contributed by atoms with Crippen LogP contribution < -0.4 is 10.6 Å². The van der Waals surface area contributed by atoms with Crippen molar-refractivity contribution in [3.05, 3.63) is 11.9 Å². The number of hydrogen-bond donors (Lipinski definition) is 3. The second kappa shape index (κ2) is 7.70. The molecule has 0 saturated heterocycles. The number of carbonyl (C=O) groups excluding carboxylic acids is 2. The van der Waals surface area contributed by atoms with Crippen LogP contribution in [0, 0.1) is 5.92 Å². The average molecular weight is 323 g/mol. The molecule has 1 unspecified atom stereocenters. The molecule has 1 aromatic heterocycles. The molecule has 2 amide bonds. The van der Waals surface area contributed by atoms with Gasteiger partial charge in [0.2, 0.25) is 11.8 Å². The predicted molar refractivity (Wildman–Crippen MR) is 79.1 cm³/mol. The molecule has 0 bridgehead atoms. The Morgan fingerprint density at radius 1 is 1.39 bits per heavy atom. The van der Waals surface area contributed by atoms with Gasteiger partial charge in [-0.1, -0.05) is 18.1 Å². The third-order valence-electron chi connectivity index (χ3n) is 3.81. The number of nitrogens with one attached hydrogen (secondary N) is 2. The molecule has 0 aliphatic heterocycles. The number of aromatic nitrogens is 3. The van der Waals surface area contributed by atoms with E-state index >= 15 is 0 Å². The predicted octanol–water partition coefficient (Wildman–Crippen LogP) is -0.326. The van der Waals surface area contributed by atoms with E-state index in [1.165, 1.54) is 10.9 Å². The molecule has 23 heavy (non-hydrogen) atoms. The van der Waals surface area contributed by atoms with Crippen molar-refractivity contribution in [2.45, 2.75) is 51.7 Å². The monoisotopic (exact) mass is 323 g/mol. The van der Waals surface area contributed by atoms with Crippen LogP contribution in [0.25, 0.3) is 0 Å². The summed E-state index contributed by atoms with van der Waals surface area (Å²) in [6.45, 7) is 1.47. The highest BCUT2D eigenvalue weighted by Gasteiger charge is 2.25. The van der Waals surface area contributed by atoms with Crippen LogP contribution in [0.2, 0.25) is 0 Å². The fraction of sp³-hybridized carbons (Fsp3) is 0.643. The topological polar surface area (TPSA) is 126 Å².